The summed E-state index contributed by atoms with van der Waals surface area (Å²) in [6, 6.07) is -0.869. The fraction of sp³-hybridized carbons (Fsp3) is 0.818. The SMILES string of the molecule is CCC(C)[C@H](NC(=O)C(C)(C)OC)C(=O)O. The molecule has 5 nitrogen and oxygen atoms in total. The Kier molecular flexibility index (Phi) is 5.44. The molecule has 1 unspecified atom stereocenters. The van der Waals surface area contributed by atoms with E-state index in [1.807, 2.05) is 6.92 Å². The standard InChI is InChI=1S/C11H21NO4/c1-6-7(2)8(9(13)14)12-10(15)11(3,4)16-5/h7-8H,6H2,1-5H3,(H,12,15)(H,13,14)/t7?,8-/m0/s1. The Bertz CT molecular complexity index is 263. The first kappa shape index (κ1) is 14.9. The molecule has 0 saturated heterocycles. The van der Waals surface area contributed by atoms with Gasteiger partial charge >= 0.3 is 5.97 Å². The van der Waals surface area contributed by atoms with Crippen LogP contribution in [0.4, 0.5) is 0 Å². The third-order valence-electron chi connectivity index (χ3n) is 2.82. The van der Waals surface area contributed by atoms with Crippen molar-refractivity contribution >= 4 is 11.9 Å². The molecule has 0 spiro atoms. The number of carboxylic acids is 1. The Hall–Kier alpha value is -1.10. The summed E-state index contributed by atoms with van der Waals surface area (Å²) in [6.45, 7) is 6.86. The molecule has 0 aliphatic heterocycles. The number of methoxy groups -OCH3 is 1. The zero-order valence-corrected chi connectivity index (χ0v) is 10.5. The molecule has 0 aromatic carbocycles. The number of ether oxygens (including phenoxy) is 1. The van der Waals surface area contributed by atoms with Crippen LogP contribution in [0, 0.1) is 5.92 Å². The van der Waals surface area contributed by atoms with E-state index in [1.54, 1.807) is 20.8 Å². The molecule has 0 aliphatic rings. The van der Waals surface area contributed by atoms with Gasteiger partial charge in [0, 0.05) is 7.11 Å². The van der Waals surface area contributed by atoms with E-state index >= 15 is 0 Å². The molecule has 0 bridgehead atoms. The van der Waals surface area contributed by atoms with Gasteiger partial charge in [-0.25, -0.2) is 4.79 Å². The fourth-order valence-electron chi connectivity index (χ4n) is 1.09. The highest BCUT2D eigenvalue weighted by Crippen LogP contribution is 2.12. The van der Waals surface area contributed by atoms with E-state index in [0.29, 0.717) is 6.42 Å². The second-order valence-corrected chi connectivity index (χ2v) is 4.39. The molecule has 2 atom stereocenters. The smallest absolute Gasteiger partial charge is 0.326 e. The molecule has 0 fully saturated rings. The molecule has 0 heterocycles. The normalized spacial score (nSPS) is 15.3. The molecular formula is C11H21NO4. The van der Waals surface area contributed by atoms with Crippen LogP contribution in [0.3, 0.4) is 0 Å². The van der Waals surface area contributed by atoms with Gasteiger partial charge in [0.05, 0.1) is 0 Å². The average Bonchev–Trinajstić information content (AvgIpc) is 2.23. The van der Waals surface area contributed by atoms with Crippen molar-refractivity contribution in [1.82, 2.24) is 5.32 Å². The van der Waals surface area contributed by atoms with Gasteiger partial charge in [-0.05, 0) is 19.8 Å². The van der Waals surface area contributed by atoms with Crippen LogP contribution in [0.15, 0.2) is 0 Å². The summed E-state index contributed by atoms with van der Waals surface area (Å²) in [5.41, 5.74) is -1.01. The summed E-state index contributed by atoms with van der Waals surface area (Å²) in [4.78, 5) is 22.7. The van der Waals surface area contributed by atoms with Crippen LogP contribution in [-0.2, 0) is 14.3 Å². The highest BCUT2D eigenvalue weighted by molar-refractivity contribution is 5.88. The van der Waals surface area contributed by atoms with Crippen molar-refractivity contribution in [1.29, 1.82) is 0 Å². The molecule has 0 aromatic heterocycles. The minimum atomic E-state index is -1.02. The number of aliphatic carboxylic acids is 1. The molecule has 94 valence electrons. The van der Waals surface area contributed by atoms with Gasteiger partial charge in [-0.1, -0.05) is 20.3 Å². The minimum Gasteiger partial charge on any atom is -0.480 e. The van der Waals surface area contributed by atoms with Crippen LogP contribution in [0.1, 0.15) is 34.1 Å². The maximum atomic E-state index is 11.7. The zero-order chi connectivity index (χ0) is 12.9. The van der Waals surface area contributed by atoms with E-state index in [0.717, 1.165) is 0 Å². The van der Waals surface area contributed by atoms with E-state index < -0.39 is 23.5 Å². The Morgan fingerprint density at radius 2 is 1.94 bits per heavy atom. The van der Waals surface area contributed by atoms with Crippen molar-refractivity contribution < 1.29 is 19.4 Å². The molecule has 2 N–H and O–H groups in total. The highest BCUT2D eigenvalue weighted by atomic mass is 16.5. The summed E-state index contributed by atoms with van der Waals surface area (Å²) >= 11 is 0. The summed E-state index contributed by atoms with van der Waals surface area (Å²) in [5.74, 6) is -1.55. The van der Waals surface area contributed by atoms with Crippen LogP contribution in [0.2, 0.25) is 0 Å². The predicted octanol–water partition coefficient (Wildman–Crippen LogP) is 1.03. The lowest BCUT2D eigenvalue weighted by atomic mass is 9.98. The lowest BCUT2D eigenvalue weighted by Crippen LogP contribution is -2.52. The second kappa shape index (κ2) is 5.84. The molecule has 5 heteroatoms. The number of rotatable bonds is 6. The van der Waals surface area contributed by atoms with Gasteiger partial charge in [0.25, 0.3) is 5.91 Å². The van der Waals surface area contributed by atoms with Crippen LogP contribution in [-0.4, -0.2) is 35.7 Å². The van der Waals surface area contributed by atoms with Crippen LogP contribution < -0.4 is 5.32 Å². The average molecular weight is 231 g/mol. The molecule has 16 heavy (non-hydrogen) atoms. The molecular weight excluding hydrogens is 210 g/mol. The van der Waals surface area contributed by atoms with Crippen molar-refractivity contribution in [3.05, 3.63) is 0 Å². The number of hydrogen-bond donors (Lipinski definition) is 2. The number of nitrogens with one attached hydrogen (secondary N) is 1. The van der Waals surface area contributed by atoms with E-state index in [9.17, 15) is 9.59 Å². The van der Waals surface area contributed by atoms with Gasteiger partial charge in [0.2, 0.25) is 0 Å². The molecule has 0 aliphatic carbocycles. The van der Waals surface area contributed by atoms with Crippen molar-refractivity contribution in [2.45, 2.75) is 45.8 Å². The maximum Gasteiger partial charge on any atom is 0.326 e. The number of carbonyl (C=O) groups is 2. The largest absolute Gasteiger partial charge is 0.480 e. The van der Waals surface area contributed by atoms with Crippen molar-refractivity contribution in [2.75, 3.05) is 7.11 Å². The lowest BCUT2D eigenvalue weighted by Gasteiger charge is -2.26. The van der Waals surface area contributed by atoms with Gasteiger partial charge in [-0.15, -0.1) is 0 Å². The molecule has 0 aromatic rings. The number of hydrogen-bond acceptors (Lipinski definition) is 3. The Balaban J connectivity index is 4.65. The maximum absolute atomic E-state index is 11.7. The molecule has 0 radical (unpaired) electrons. The number of carboxylic acid groups (broad SMARTS) is 1. The Labute approximate surface area is 96.2 Å². The minimum absolute atomic E-state index is 0.117. The van der Waals surface area contributed by atoms with Crippen molar-refractivity contribution in [2.24, 2.45) is 5.92 Å². The third-order valence-corrected chi connectivity index (χ3v) is 2.82. The highest BCUT2D eigenvalue weighted by Gasteiger charge is 2.33. The van der Waals surface area contributed by atoms with E-state index in [-0.39, 0.29) is 5.92 Å². The summed E-state index contributed by atoms with van der Waals surface area (Å²) in [7, 11) is 1.42. The number of carbonyl (C=O) groups excluding carboxylic acids is 1. The van der Waals surface area contributed by atoms with Gasteiger partial charge in [0.1, 0.15) is 11.6 Å². The number of amides is 1. The van der Waals surface area contributed by atoms with Crippen LogP contribution in [0.5, 0.6) is 0 Å². The Morgan fingerprint density at radius 3 is 2.25 bits per heavy atom. The van der Waals surface area contributed by atoms with E-state index in [4.69, 9.17) is 9.84 Å². The summed E-state index contributed by atoms with van der Waals surface area (Å²) in [6.07, 6.45) is 0.685. The Morgan fingerprint density at radius 1 is 1.44 bits per heavy atom. The zero-order valence-electron chi connectivity index (χ0n) is 10.5. The topological polar surface area (TPSA) is 75.6 Å². The fourth-order valence-corrected chi connectivity index (χ4v) is 1.09. The van der Waals surface area contributed by atoms with Gasteiger partial charge in [-0.3, -0.25) is 4.79 Å². The summed E-state index contributed by atoms with van der Waals surface area (Å²) < 4.78 is 4.99. The van der Waals surface area contributed by atoms with Crippen molar-refractivity contribution in [3.63, 3.8) is 0 Å². The van der Waals surface area contributed by atoms with E-state index in [2.05, 4.69) is 5.32 Å². The summed E-state index contributed by atoms with van der Waals surface area (Å²) in [5, 5.41) is 11.5. The van der Waals surface area contributed by atoms with Gasteiger partial charge in [-0.2, -0.15) is 0 Å². The van der Waals surface area contributed by atoms with E-state index in [1.165, 1.54) is 7.11 Å². The van der Waals surface area contributed by atoms with Crippen LogP contribution in [0.25, 0.3) is 0 Å². The predicted molar refractivity (Wildman–Crippen MR) is 60.1 cm³/mol. The second-order valence-electron chi connectivity index (χ2n) is 4.39. The first-order valence-corrected chi connectivity index (χ1v) is 5.35. The quantitative estimate of drug-likeness (QED) is 0.715. The lowest BCUT2D eigenvalue weighted by molar-refractivity contribution is -0.148. The molecule has 1 amide bonds. The first-order chi connectivity index (χ1) is 7.26. The molecule has 0 rings (SSSR count). The third kappa shape index (κ3) is 3.81. The van der Waals surface area contributed by atoms with Crippen LogP contribution >= 0.6 is 0 Å². The first-order valence-electron chi connectivity index (χ1n) is 5.35. The monoisotopic (exact) mass is 231 g/mol. The van der Waals surface area contributed by atoms with Gasteiger partial charge in [0.15, 0.2) is 0 Å². The van der Waals surface area contributed by atoms with Crippen molar-refractivity contribution in [3.8, 4) is 0 Å². The van der Waals surface area contributed by atoms with Gasteiger partial charge < -0.3 is 15.2 Å². The molecule has 0 saturated carbocycles.